The molecule has 0 atom stereocenters. The second kappa shape index (κ2) is 10.9. The van der Waals surface area contributed by atoms with Crippen LogP contribution in [0.1, 0.15) is 13.3 Å². The predicted octanol–water partition coefficient (Wildman–Crippen LogP) is 3.43. The second-order valence-corrected chi connectivity index (χ2v) is 12.2. The average Bonchev–Trinajstić information content (AvgIpc) is 2.81. The molecule has 3 rings (SSSR count). The molecule has 1 saturated heterocycles. The Balaban J connectivity index is 2.01. The maximum Gasteiger partial charge on any atom is 0.501 e. The first-order chi connectivity index (χ1) is 16.4. The summed E-state index contributed by atoms with van der Waals surface area (Å²) >= 11 is 1.34. The highest BCUT2D eigenvalue weighted by Crippen LogP contribution is 2.39. The molecule has 0 radical (unpaired) electrons. The van der Waals surface area contributed by atoms with Crippen molar-refractivity contribution in [2.45, 2.75) is 33.5 Å². The van der Waals surface area contributed by atoms with Gasteiger partial charge in [0.2, 0.25) is 10.0 Å². The van der Waals surface area contributed by atoms with Crippen LogP contribution < -0.4 is 14.9 Å². The Bertz CT molecular complexity index is 1250. The topological polar surface area (TPSA) is 110 Å². The number of ether oxygens (including phenoxy) is 1. The molecule has 0 aromatic heterocycles. The molecule has 1 aliphatic rings. The van der Waals surface area contributed by atoms with Crippen molar-refractivity contribution in [2.75, 3.05) is 48.5 Å². The number of para-hydroxylation sites is 1. The zero-order chi connectivity index (χ0) is 25.9. The maximum atomic E-state index is 13.5. The molecule has 0 saturated carbocycles. The van der Waals surface area contributed by atoms with Crippen molar-refractivity contribution in [1.29, 1.82) is 0 Å². The third kappa shape index (κ3) is 6.42. The molecule has 0 aliphatic carbocycles. The summed E-state index contributed by atoms with van der Waals surface area (Å²) in [6.07, 6.45) is 0.508. The zero-order valence-electron chi connectivity index (χ0n) is 18.9. The zero-order valence-corrected chi connectivity index (χ0v) is 21.3. The number of hydrogen-bond donors (Lipinski definition) is 1. The standard InChI is InChI=1S/C21H26F3N3O5S3/c1-2-9-27(15-33-19-6-4-3-5-17(19)26-10-12-32-13-11-26)18-8-7-16(35(25,30)31)14-20(18)34(28,29)21(22,23)24/h3-8,14H,2,9-13,15H2,1H3,(H2,25,30,31). The summed E-state index contributed by atoms with van der Waals surface area (Å²) in [7, 11) is -10.3. The maximum absolute atomic E-state index is 13.5. The van der Waals surface area contributed by atoms with E-state index in [1.54, 1.807) is 6.92 Å². The largest absolute Gasteiger partial charge is 0.501 e. The molecule has 2 aromatic rings. The van der Waals surface area contributed by atoms with E-state index in [4.69, 9.17) is 9.88 Å². The normalized spacial score (nSPS) is 15.3. The molecule has 1 heterocycles. The lowest BCUT2D eigenvalue weighted by atomic mass is 10.2. The minimum atomic E-state index is -5.85. The molecule has 0 amide bonds. The highest BCUT2D eigenvalue weighted by Gasteiger charge is 2.48. The third-order valence-corrected chi connectivity index (χ3v) is 8.80. The van der Waals surface area contributed by atoms with Crippen LogP contribution in [0.3, 0.4) is 0 Å². The highest BCUT2D eigenvalue weighted by molar-refractivity contribution is 7.99. The molecular weight excluding hydrogens is 527 g/mol. The number of rotatable bonds is 9. The molecule has 2 aromatic carbocycles. The fourth-order valence-corrected chi connectivity index (χ4v) is 6.29. The number of halogens is 3. The number of thioether (sulfide) groups is 1. The van der Waals surface area contributed by atoms with Gasteiger partial charge in [-0.05, 0) is 36.8 Å². The van der Waals surface area contributed by atoms with Crippen LogP contribution in [0.25, 0.3) is 0 Å². The molecule has 0 unspecified atom stereocenters. The van der Waals surface area contributed by atoms with Gasteiger partial charge in [0.15, 0.2) is 0 Å². The lowest BCUT2D eigenvalue weighted by molar-refractivity contribution is -0.0435. The van der Waals surface area contributed by atoms with E-state index in [-0.39, 0.29) is 18.1 Å². The summed E-state index contributed by atoms with van der Waals surface area (Å²) in [5, 5.41) is 5.05. The van der Waals surface area contributed by atoms with E-state index in [9.17, 15) is 30.0 Å². The summed E-state index contributed by atoms with van der Waals surface area (Å²) in [5.74, 6) is 0.129. The lowest BCUT2D eigenvalue weighted by Crippen LogP contribution is -2.36. The van der Waals surface area contributed by atoms with Gasteiger partial charge in [-0.3, -0.25) is 0 Å². The van der Waals surface area contributed by atoms with Gasteiger partial charge in [-0.15, -0.1) is 11.8 Å². The van der Waals surface area contributed by atoms with Gasteiger partial charge in [-0.2, -0.15) is 13.2 Å². The molecule has 2 N–H and O–H groups in total. The van der Waals surface area contributed by atoms with Crippen molar-refractivity contribution in [3.63, 3.8) is 0 Å². The van der Waals surface area contributed by atoms with Crippen molar-refractivity contribution in [1.82, 2.24) is 0 Å². The van der Waals surface area contributed by atoms with E-state index in [2.05, 4.69) is 4.90 Å². The summed E-state index contributed by atoms with van der Waals surface area (Å²) < 4.78 is 94.1. The number of benzene rings is 2. The summed E-state index contributed by atoms with van der Waals surface area (Å²) in [6.45, 7) is 4.59. The minimum Gasteiger partial charge on any atom is -0.378 e. The second-order valence-electron chi connectivity index (χ2n) is 7.73. The van der Waals surface area contributed by atoms with Crippen LogP contribution in [-0.2, 0) is 24.6 Å². The van der Waals surface area contributed by atoms with Gasteiger partial charge in [0.05, 0.1) is 35.4 Å². The van der Waals surface area contributed by atoms with E-state index < -0.39 is 35.2 Å². The SMILES string of the molecule is CCCN(CSc1ccccc1N1CCOCC1)c1ccc(S(N)(=O)=O)cc1S(=O)(=O)C(F)(F)F. The van der Waals surface area contributed by atoms with Crippen LogP contribution in [0.4, 0.5) is 24.5 Å². The Morgan fingerprint density at radius 2 is 1.74 bits per heavy atom. The molecule has 194 valence electrons. The molecule has 8 nitrogen and oxygen atoms in total. The van der Waals surface area contributed by atoms with Gasteiger partial charge < -0.3 is 14.5 Å². The molecule has 1 aliphatic heterocycles. The number of nitrogens with two attached hydrogens (primary N) is 1. The summed E-state index contributed by atoms with van der Waals surface area (Å²) in [5.41, 5.74) is -4.91. The Labute approximate surface area is 207 Å². The number of hydrogen-bond acceptors (Lipinski definition) is 8. The van der Waals surface area contributed by atoms with Crippen LogP contribution in [0.2, 0.25) is 0 Å². The van der Waals surface area contributed by atoms with Gasteiger partial charge in [-0.1, -0.05) is 19.1 Å². The fraction of sp³-hybridized carbons (Fsp3) is 0.429. The smallest absolute Gasteiger partial charge is 0.378 e. The van der Waals surface area contributed by atoms with Gasteiger partial charge in [0, 0.05) is 24.5 Å². The Morgan fingerprint density at radius 3 is 2.34 bits per heavy atom. The average molecular weight is 554 g/mol. The van der Waals surface area contributed by atoms with Crippen LogP contribution in [-0.4, -0.2) is 61.1 Å². The molecule has 0 bridgehead atoms. The van der Waals surface area contributed by atoms with E-state index in [1.165, 1.54) is 16.7 Å². The molecule has 1 fully saturated rings. The van der Waals surface area contributed by atoms with Crippen molar-refractivity contribution >= 4 is 43.0 Å². The number of sulfone groups is 1. The van der Waals surface area contributed by atoms with Crippen LogP contribution in [0, 0.1) is 0 Å². The number of primary sulfonamides is 1. The van der Waals surface area contributed by atoms with Crippen molar-refractivity contribution < 1.29 is 34.7 Å². The Morgan fingerprint density at radius 1 is 1.09 bits per heavy atom. The summed E-state index contributed by atoms with van der Waals surface area (Å²) in [6, 6.07) is 10.1. The van der Waals surface area contributed by atoms with Crippen molar-refractivity contribution in [3.8, 4) is 0 Å². The minimum absolute atomic E-state index is 0.129. The van der Waals surface area contributed by atoms with E-state index in [0.717, 1.165) is 22.7 Å². The number of anilines is 2. The van der Waals surface area contributed by atoms with E-state index in [1.807, 2.05) is 24.3 Å². The van der Waals surface area contributed by atoms with Crippen LogP contribution >= 0.6 is 11.8 Å². The van der Waals surface area contributed by atoms with Gasteiger partial charge >= 0.3 is 5.51 Å². The van der Waals surface area contributed by atoms with Crippen LogP contribution in [0.5, 0.6) is 0 Å². The molecule has 14 heteroatoms. The van der Waals surface area contributed by atoms with Crippen LogP contribution in [0.15, 0.2) is 57.2 Å². The number of sulfonamides is 1. The third-order valence-electron chi connectivity index (χ3n) is 5.28. The first-order valence-corrected chi connectivity index (χ1v) is 14.7. The van der Waals surface area contributed by atoms with E-state index >= 15 is 0 Å². The van der Waals surface area contributed by atoms with Gasteiger partial charge in [-0.25, -0.2) is 22.0 Å². The highest BCUT2D eigenvalue weighted by atomic mass is 32.2. The molecule has 35 heavy (non-hydrogen) atoms. The number of nitrogens with zero attached hydrogens (tertiary/aromatic N) is 2. The number of alkyl halides is 3. The predicted molar refractivity (Wildman–Crippen MR) is 129 cm³/mol. The monoisotopic (exact) mass is 553 g/mol. The summed E-state index contributed by atoms with van der Waals surface area (Å²) in [4.78, 5) is 2.65. The van der Waals surface area contributed by atoms with Crippen molar-refractivity contribution in [2.24, 2.45) is 5.14 Å². The quantitative estimate of drug-likeness (QED) is 0.372. The molecule has 0 spiro atoms. The van der Waals surface area contributed by atoms with Gasteiger partial charge in [0.25, 0.3) is 9.84 Å². The first kappa shape index (κ1) is 27.6. The Kier molecular flexibility index (Phi) is 8.63. The van der Waals surface area contributed by atoms with Gasteiger partial charge in [0.1, 0.15) is 4.90 Å². The van der Waals surface area contributed by atoms with Crippen molar-refractivity contribution in [3.05, 3.63) is 42.5 Å². The Hall–Kier alpha value is -2.00. The lowest BCUT2D eigenvalue weighted by Gasteiger charge is -2.31. The first-order valence-electron chi connectivity index (χ1n) is 10.6. The fourth-order valence-electron chi connectivity index (χ4n) is 3.59. The number of morpholine rings is 1. The molecular formula is C21H26F3N3O5S3. The van der Waals surface area contributed by atoms with E-state index in [0.29, 0.717) is 38.8 Å².